The molecule has 2 amide bonds. The van der Waals surface area contributed by atoms with E-state index in [9.17, 15) is 9.59 Å². The van der Waals surface area contributed by atoms with Crippen LogP contribution in [-0.4, -0.2) is 97.9 Å². The van der Waals surface area contributed by atoms with E-state index in [2.05, 4.69) is 37.1 Å². The monoisotopic (exact) mass is 663 g/mol. The molecule has 0 unspecified atom stereocenters. The Bertz CT molecular complexity index is 2020. The number of fused-ring (bicyclic) bond motifs is 1. The molecule has 0 bridgehead atoms. The number of rotatable bonds is 9. The average Bonchev–Trinajstić information content (AvgIpc) is 3.85. The van der Waals surface area contributed by atoms with Gasteiger partial charge in [-0.3, -0.25) is 19.3 Å². The molecule has 0 aliphatic carbocycles. The number of benzene rings is 1. The van der Waals surface area contributed by atoms with E-state index in [1.54, 1.807) is 52.4 Å². The minimum atomic E-state index is -0.444. The third-order valence-corrected chi connectivity index (χ3v) is 9.37. The molecule has 1 aromatic carbocycles. The topological polar surface area (TPSA) is 125 Å². The van der Waals surface area contributed by atoms with Gasteiger partial charge in [-0.2, -0.15) is 0 Å². The maximum Gasteiger partial charge on any atom is 0.270 e. The largest absolute Gasteiger partial charge is 0.493 e. The lowest BCUT2D eigenvalue weighted by Crippen LogP contribution is -2.49. The van der Waals surface area contributed by atoms with Crippen LogP contribution in [0.5, 0.6) is 5.75 Å². The molecule has 6 heterocycles. The van der Waals surface area contributed by atoms with Crippen molar-refractivity contribution in [1.82, 2.24) is 39.7 Å². The minimum Gasteiger partial charge on any atom is -0.493 e. The molecule has 1 fully saturated rings. The van der Waals surface area contributed by atoms with Crippen LogP contribution in [0.15, 0.2) is 67.4 Å². The summed E-state index contributed by atoms with van der Waals surface area (Å²) in [6, 6.07) is 9.27. The zero-order chi connectivity index (χ0) is 33.9. The molecule has 5 aromatic rings. The van der Waals surface area contributed by atoms with Crippen LogP contribution in [0.25, 0.3) is 27.6 Å². The van der Waals surface area contributed by atoms with E-state index in [0.29, 0.717) is 68.1 Å². The standard InChI is InChI=1S/C36H38FN9O3/c1-3-24-22-38-11-8-26(24)28-20-27(25-6-5-13-45(23-25)32(47)9-14-46-15-12-40-42-46)33(37)34-29(28)21-30(41-34)36(48)44-18-16-43(17-19-44)35-31(49-2)7-4-10-39-35/h4,6-8,10-12,15,20-22,41H,3,5,9,13-14,16-19,23H2,1-2H3. The molecule has 1 saturated heterocycles. The summed E-state index contributed by atoms with van der Waals surface area (Å²) in [5.74, 6) is 0.770. The molecule has 49 heavy (non-hydrogen) atoms. The zero-order valence-corrected chi connectivity index (χ0v) is 27.6. The summed E-state index contributed by atoms with van der Waals surface area (Å²) in [5, 5.41) is 8.37. The first kappa shape index (κ1) is 32.0. The fourth-order valence-corrected chi connectivity index (χ4v) is 6.75. The Kier molecular flexibility index (Phi) is 9.05. The Balaban J connectivity index is 1.19. The molecule has 2 aliphatic rings. The number of piperazine rings is 1. The molecule has 12 nitrogen and oxygen atoms in total. The summed E-state index contributed by atoms with van der Waals surface area (Å²) in [6.45, 7) is 5.45. The molecular formula is C36H38FN9O3. The Labute approximate surface area is 283 Å². The second kappa shape index (κ2) is 13.9. The second-order valence-electron chi connectivity index (χ2n) is 12.2. The van der Waals surface area contributed by atoms with Crippen LogP contribution in [-0.2, 0) is 17.8 Å². The molecule has 0 atom stereocenters. The molecule has 7 rings (SSSR count). The lowest BCUT2D eigenvalue weighted by Gasteiger charge is -2.35. The van der Waals surface area contributed by atoms with Gasteiger partial charge in [0.1, 0.15) is 5.69 Å². The number of carbonyl (C=O) groups is 2. The van der Waals surface area contributed by atoms with Gasteiger partial charge in [-0.05, 0) is 65.4 Å². The summed E-state index contributed by atoms with van der Waals surface area (Å²) >= 11 is 0. The highest BCUT2D eigenvalue weighted by Gasteiger charge is 2.28. The average molecular weight is 664 g/mol. The van der Waals surface area contributed by atoms with Crippen molar-refractivity contribution in [3.63, 3.8) is 0 Å². The van der Waals surface area contributed by atoms with Gasteiger partial charge in [-0.1, -0.05) is 18.2 Å². The minimum absolute atomic E-state index is 0.0282. The highest BCUT2D eigenvalue weighted by molar-refractivity contribution is 6.05. The summed E-state index contributed by atoms with van der Waals surface area (Å²) in [7, 11) is 1.62. The highest BCUT2D eigenvalue weighted by atomic mass is 19.1. The van der Waals surface area contributed by atoms with E-state index in [1.807, 2.05) is 36.5 Å². The molecule has 4 aromatic heterocycles. The molecule has 13 heteroatoms. The number of aryl methyl sites for hydroxylation is 2. The molecule has 2 aliphatic heterocycles. The normalized spacial score (nSPS) is 15.1. The number of H-pyrrole nitrogens is 1. The van der Waals surface area contributed by atoms with E-state index in [0.717, 1.165) is 34.5 Å². The molecule has 0 saturated carbocycles. The zero-order valence-electron chi connectivity index (χ0n) is 27.6. The first-order chi connectivity index (χ1) is 23.9. The van der Waals surface area contributed by atoms with Gasteiger partial charge in [0, 0.05) is 81.4 Å². The highest BCUT2D eigenvalue weighted by Crippen LogP contribution is 2.38. The number of amides is 2. The van der Waals surface area contributed by atoms with Crippen LogP contribution in [0, 0.1) is 5.82 Å². The Hall–Kier alpha value is -5.59. The number of aromatic amines is 1. The SMILES string of the molecule is CCc1cnccc1-c1cc(C2=CCCN(C(=O)CCn3ccnn3)C2)c(F)c2[nH]c(C(=O)N3CCN(c4ncccc4OC)CC3)cc12. The van der Waals surface area contributed by atoms with E-state index in [4.69, 9.17) is 4.74 Å². The van der Waals surface area contributed by atoms with Crippen LogP contribution < -0.4 is 9.64 Å². The number of anilines is 1. The predicted octanol–water partition coefficient (Wildman–Crippen LogP) is 4.59. The predicted molar refractivity (Wildman–Crippen MR) is 184 cm³/mol. The number of pyridine rings is 2. The number of hydrogen-bond donors (Lipinski definition) is 1. The first-order valence-electron chi connectivity index (χ1n) is 16.6. The van der Waals surface area contributed by atoms with Crippen LogP contribution in [0.1, 0.15) is 41.4 Å². The number of halogens is 1. The number of nitrogens with one attached hydrogen (secondary N) is 1. The van der Waals surface area contributed by atoms with Crippen LogP contribution in [0.4, 0.5) is 10.2 Å². The molecular weight excluding hydrogens is 625 g/mol. The second-order valence-corrected chi connectivity index (χ2v) is 12.2. The van der Waals surface area contributed by atoms with Crippen molar-refractivity contribution in [3.05, 3.63) is 90.0 Å². The van der Waals surface area contributed by atoms with E-state index in [1.165, 1.54) is 0 Å². The Morgan fingerprint density at radius 3 is 2.63 bits per heavy atom. The first-order valence-corrected chi connectivity index (χ1v) is 16.6. The number of ether oxygens (including phenoxy) is 1. The number of nitrogens with zero attached hydrogens (tertiary/aromatic N) is 8. The van der Waals surface area contributed by atoms with Crippen molar-refractivity contribution < 1.29 is 18.7 Å². The summed E-state index contributed by atoms with van der Waals surface area (Å²) < 4.78 is 23.8. The van der Waals surface area contributed by atoms with Crippen molar-refractivity contribution in [3.8, 4) is 16.9 Å². The van der Waals surface area contributed by atoms with Gasteiger partial charge in [0.25, 0.3) is 5.91 Å². The van der Waals surface area contributed by atoms with Crippen molar-refractivity contribution in [2.45, 2.75) is 32.7 Å². The van der Waals surface area contributed by atoms with Crippen molar-refractivity contribution >= 4 is 34.1 Å². The van der Waals surface area contributed by atoms with Gasteiger partial charge >= 0.3 is 0 Å². The van der Waals surface area contributed by atoms with E-state index < -0.39 is 5.82 Å². The van der Waals surface area contributed by atoms with Crippen LogP contribution >= 0.6 is 0 Å². The lowest BCUT2D eigenvalue weighted by molar-refractivity contribution is -0.131. The molecule has 0 spiro atoms. The Morgan fingerprint density at radius 2 is 1.86 bits per heavy atom. The van der Waals surface area contributed by atoms with Gasteiger partial charge in [0.15, 0.2) is 17.4 Å². The van der Waals surface area contributed by atoms with E-state index >= 15 is 4.39 Å². The third-order valence-electron chi connectivity index (χ3n) is 9.37. The van der Waals surface area contributed by atoms with Crippen LogP contribution in [0.3, 0.4) is 0 Å². The maximum atomic E-state index is 16.7. The van der Waals surface area contributed by atoms with Gasteiger partial charge in [0.2, 0.25) is 5.91 Å². The molecule has 1 N–H and O–H groups in total. The number of methoxy groups -OCH3 is 1. The van der Waals surface area contributed by atoms with Crippen molar-refractivity contribution in [1.29, 1.82) is 0 Å². The fourth-order valence-electron chi connectivity index (χ4n) is 6.75. The van der Waals surface area contributed by atoms with E-state index in [-0.39, 0.29) is 30.3 Å². The lowest BCUT2D eigenvalue weighted by atomic mass is 9.91. The number of hydrogen-bond acceptors (Lipinski definition) is 8. The summed E-state index contributed by atoms with van der Waals surface area (Å²) in [6.07, 6.45) is 12.2. The smallest absolute Gasteiger partial charge is 0.270 e. The Morgan fingerprint density at radius 1 is 1.00 bits per heavy atom. The van der Waals surface area contributed by atoms with Crippen molar-refractivity contribution in [2.24, 2.45) is 0 Å². The van der Waals surface area contributed by atoms with Gasteiger partial charge in [0.05, 0.1) is 25.4 Å². The number of carbonyl (C=O) groups excluding carboxylic acids is 2. The summed E-state index contributed by atoms with van der Waals surface area (Å²) in [4.78, 5) is 44.7. The van der Waals surface area contributed by atoms with Crippen molar-refractivity contribution in [2.75, 3.05) is 51.3 Å². The molecule has 0 radical (unpaired) electrons. The summed E-state index contributed by atoms with van der Waals surface area (Å²) in [5.41, 5.74) is 4.48. The molecule has 252 valence electrons. The third kappa shape index (κ3) is 6.35. The van der Waals surface area contributed by atoms with Gasteiger partial charge < -0.3 is 24.4 Å². The van der Waals surface area contributed by atoms with Crippen LogP contribution in [0.2, 0.25) is 0 Å². The fraction of sp³-hybridized carbons (Fsp3) is 0.333. The quantitative estimate of drug-likeness (QED) is 0.243. The van der Waals surface area contributed by atoms with Gasteiger partial charge in [-0.15, -0.1) is 5.10 Å². The maximum absolute atomic E-state index is 16.7. The van der Waals surface area contributed by atoms with Gasteiger partial charge in [-0.25, -0.2) is 9.37 Å². The number of aromatic nitrogens is 6.